The van der Waals surface area contributed by atoms with Crippen molar-refractivity contribution in [3.8, 4) is 5.75 Å². The lowest BCUT2D eigenvalue weighted by atomic mass is 9.73. The molecule has 3 heterocycles. The molecular weight excluding hydrogens is 372 g/mol. The van der Waals surface area contributed by atoms with Crippen LogP contribution in [0, 0.1) is 5.92 Å². The lowest BCUT2D eigenvalue weighted by molar-refractivity contribution is -0.175. The lowest BCUT2D eigenvalue weighted by Crippen LogP contribution is -2.64. The molecule has 2 amide bonds. The predicted octanol–water partition coefficient (Wildman–Crippen LogP) is 2.35. The van der Waals surface area contributed by atoms with Gasteiger partial charge in [0.1, 0.15) is 11.7 Å². The summed E-state index contributed by atoms with van der Waals surface area (Å²) in [5.74, 6) is 0.0844. The molecule has 2 aromatic rings. The van der Waals surface area contributed by atoms with Gasteiger partial charge < -0.3 is 19.9 Å². The second kappa shape index (κ2) is 7.17. The van der Waals surface area contributed by atoms with Crippen LogP contribution in [0.4, 0.5) is 0 Å². The van der Waals surface area contributed by atoms with Crippen molar-refractivity contribution < 1.29 is 18.8 Å². The number of aromatic nitrogens is 2. The summed E-state index contributed by atoms with van der Waals surface area (Å²) in [6, 6.07) is 7.55. The van der Waals surface area contributed by atoms with Crippen LogP contribution in [0.1, 0.15) is 62.7 Å². The van der Waals surface area contributed by atoms with Crippen molar-refractivity contribution in [2.45, 2.75) is 57.6 Å². The first kappa shape index (κ1) is 19.4. The number of carbonyl (C=O) groups is 2. The summed E-state index contributed by atoms with van der Waals surface area (Å²) < 4.78 is 11.5. The second-order valence-electron chi connectivity index (χ2n) is 8.30. The molecule has 0 spiro atoms. The Kier molecular flexibility index (Phi) is 4.80. The van der Waals surface area contributed by atoms with Gasteiger partial charge in [0.25, 0.3) is 0 Å². The van der Waals surface area contributed by atoms with Crippen LogP contribution in [0.3, 0.4) is 0 Å². The Morgan fingerprint density at radius 2 is 2.14 bits per heavy atom. The zero-order valence-electron chi connectivity index (χ0n) is 16.9. The number of benzene rings is 1. The normalized spacial score (nSPS) is 25.7. The van der Waals surface area contributed by atoms with Crippen molar-refractivity contribution in [1.82, 2.24) is 15.0 Å². The van der Waals surface area contributed by atoms with Crippen molar-refractivity contribution in [2.24, 2.45) is 11.7 Å². The van der Waals surface area contributed by atoms with E-state index in [1.54, 1.807) is 4.90 Å². The van der Waals surface area contributed by atoms with Crippen LogP contribution in [0.15, 0.2) is 28.8 Å². The van der Waals surface area contributed by atoms with Crippen molar-refractivity contribution in [3.63, 3.8) is 0 Å². The van der Waals surface area contributed by atoms with Gasteiger partial charge in [-0.1, -0.05) is 37.2 Å². The number of aryl methyl sites for hydroxylation is 1. The summed E-state index contributed by atoms with van der Waals surface area (Å²) in [7, 11) is 0. The standard InChI is InChI=1S/C21H26N4O4/c1-12(2)19-23-16(29-24-19)9-6-10-25-20(27)17(18(22)26)14-11-21(25,3)28-15-8-5-4-7-13(14)15/h4-5,7-8,12,14,17H,6,9-11H2,1-3H3,(H2,22,26). The molecule has 0 radical (unpaired) electrons. The van der Waals surface area contributed by atoms with Crippen LogP contribution in [0.2, 0.25) is 0 Å². The Morgan fingerprint density at radius 1 is 1.38 bits per heavy atom. The molecule has 3 atom stereocenters. The Bertz CT molecular complexity index is 940. The van der Waals surface area contributed by atoms with E-state index in [9.17, 15) is 9.59 Å². The van der Waals surface area contributed by atoms with Crippen LogP contribution in [-0.4, -0.2) is 39.1 Å². The fourth-order valence-electron chi connectivity index (χ4n) is 4.37. The number of rotatable bonds is 6. The van der Waals surface area contributed by atoms with Gasteiger partial charge in [0.05, 0.1) is 0 Å². The Labute approximate surface area is 169 Å². The monoisotopic (exact) mass is 398 g/mol. The maximum atomic E-state index is 13.2. The van der Waals surface area contributed by atoms with Gasteiger partial charge in [0, 0.05) is 31.2 Å². The summed E-state index contributed by atoms with van der Waals surface area (Å²) in [6.45, 7) is 6.31. The number of carbonyl (C=O) groups excluding carboxylic acids is 2. The number of hydrogen-bond donors (Lipinski definition) is 1. The molecule has 1 aromatic heterocycles. The Balaban J connectivity index is 1.55. The summed E-state index contributed by atoms with van der Waals surface area (Å²) in [4.78, 5) is 31.4. The highest BCUT2D eigenvalue weighted by Crippen LogP contribution is 2.49. The van der Waals surface area contributed by atoms with Crippen LogP contribution in [0.5, 0.6) is 5.75 Å². The summed E-state index contributed by atoms with van der Waals surface area (Å²) in [5.41, 5.74) is 5.70. The minimum Gasteiger partial charge on any atom is -0.468 e. The van der Waals surface area contributed by atoms with Crippen molar-refractivity contribution >= 4 is 11.8 Å². The Hall–Kier alpha value is -2.90. The average molecular weight is 398 g/mol. The third-order valence-electron chi connectivity index (χ3n) is 5.83. The van der Waals surface area contributed by atoms with Crippen molar-refractivity contribution in [1.29, 1.82) is 0 Å². The molecule has 2 bridgehead atoms. The van der Waals surface area contributed by atoms with Crippen LogP contribution >= 0.6 is 0 Å². The molecule has 4 rings (SSSR count). The first-order valence-electron chi connectivity index (χ1n) is 10.0. The first-order valence-corrected chi connectivity index (χ1v) is 10.0. The van der Waals surface area contributed by atoms with Gasteiger partial charge in [-0.3, -0.25) is 9.59 Å². The van der Waals surface area contributed by atoms with Gasteiger partial charge in [-0.15, -0.1) is 0 Å². The van der Waals surface area contributed by atoms with Crippen molar-refractivity contribution in [3.05, 3.63) is 41.5 Å². The SMILES string of the molecule is CC(C)c1noc(CCCN2C(=O)C(C(N)=O)C3CC2(C)Oc2ccccc23)n1. The number of amides is 2. The zero-order valence-corrected chi connectivity index (χ0v) is 16.9. The number of hydrogen-bond acceptors (Lipinski definition) is 6. The van der Waals surface area contributed by atoms with Gasteiger partial charge in [0.2, 0.25) is 17.7 Å². The third kappa shape index (κ3) is 3.36. The van der Waals surface area contributed by atoms with Crippen LogP contribution in [0.25, 0.3) is 0 Å². The van der Waals surface area contributed by atoms with Crippen molar-refractivity contribution in [2.75, 3.05) is 6.54 Å². The largest absolute Gasteiger partial charge is 0.468 e. The number of piperidine rings is 1. The summed E-state index contributed by atoms with van der Waals surface area (Å²) in [5, 5.41) is 3.97. The van der Waals surface area contributed by atoms with Crippen LogP contribution in [-0.2, 0) is 16.0 Å². The van der Waals surface area contributed by atoms with E-state index in [1.165, 1.54) is 0 Å². The maximum Gasteiger partial charge on any atom is 0.238 e. The molecule has 1 saturated heterocycles. The molecule has 8 nitrogen and oxygen atoms in total. The molecule has 3 unspecified atom stereocenters. The van der Waals surface area contributed by atoms with E-state index in [4.69, 9.17) is 15.0 Å². The highest BCUT2D eigenvalue weighted by molar-refractivity contribution is 6.01. The summed E-state index contributed by atoms with van der Waals surface area (Å²) >= 11 is 0. The predicted molar refractivity (Wildman–Crippen MR) is 104 cm³/mol. The third-order valence-corrected chi connectivity index (χ3v) is 5.83. The maximum absolute atomic E-state index is 13.2. The zero-order chi connectivity index (χ0) is 20.8. The number of likely N-dealkylation sites (tertiary alicyclic amines) is 1. The van der Waals surface area contributed by atoms with Crippen LogP contribution < -0.4 is 10.5 Å². The van der Waals surface area contributed by atoms with E-state index >= 15 is 0 Å². The molecule has 1 aromatic carbocycles. The van der Waals surface area contributed by atoms with Gasteiger partial charge in [-0.2, -0.15) is 4.98 Å². The fourth-order valence-corrected chi connectivity index (χ4v) is 4.37. The molecule has 8 heteroatoms. The number of nitrogens with zero attached hydrogens (tertiary/aromatic N) is 3. The van der Waals surface area contributed by atoms with E-state index in [0.29, 0.717) is 43.3 Å². The lowest BCUT2D eigenvalue weighted by Gasteiger charge is -2.52. The second-order valence-corrected chi connectivity index (χ2v) is 8.30. The van der Waals surface area contributed by atoms with E-state index < -0.39 is 17.6 Å². The molecule has 2 aliphatic heterocycles. The molecule has 1 fully saturated rings. The number of fused-ring (bicyclic) bond motifs is 4. The number of ether oxygens (including phenoxy) is 1. The van der Waals surface area contributed by atoms with Gasteiger partial charge in [-0.05, 0) is 25.0 Å². The minimum atomic E-state index is -0.885. The smallest absolute Gasteiger partial charge is 0.238 e. The molecule has 2 aliphatic rings. The van der Waals surface area contributed by atoms with Gasteiger partial charge in [-0.25, -0.2) is 0 Å². The highest BCUT2D eigenvalue weighted by Gasteiger charge is 2.55. The highest BCUT2D eigenvalue weighted by atomic mass is 16.5. The topological polar surface area (TPSA) is 112 Å². The molecular formula is C21H26N4O4. The van der Waals surface area contributed by atoms with Gasteiger partial charge >= 0.3 is 0 Å². The number of nitrogens with two attached hydrogens (primary N) is 1. The fraction of sp³-hybridized carbons (Fsp3) is 0.524. The molecule has 0 saturated carbocycles. The molecule has 154 valence electrons. The van der Waals surface area contributed by atoms with E-state index in [-0.39, 0.29) is 17.7 Å². The number of primary amides is 1. The molecule has 29 heavy (non-hydrogen) atoms. The van der Waals surface area contributed by atoms with E-state index in [0.717, 1.165) is 5.56 Å². The van der Waals surface area contributed by atoms with E-state index in [1.807, 2.05) is 45.0 Å². The Morgan fingerprint density at radius 3 is 2.83 bits per heavy atom. The molecule has 2 N–H and O–H groups in total. The quantitative estimate of drug-likeness (QED) is 0.748. The minimum absolute atomic E-state index is 0.194. The average Bonchev–Trinajstić information content (AvgIpc) is 3.13. The molecule has 0 aliphatic carbocycles. The first-order chi connectivity index (χ1) is 13.8. The van der Waals surface area contributed by atoms with Gasteiger partial charge in [0.15, 0.2) is 11.5 Å². The number of para-hydroxylation sites is 1. The van der Waals surface area contributed by atoms with E-state index in [2.05, 4.69) is 10.1 Å². The summed E-state index contributed by atoms with van der Waals surface area (Å²) in [6.07, 6.45) is 1.68.